The normalized spacial score (nSPS) is 18.9. The minimum atomic E-state index is -3.35. The van der Waals surface area contributed by atoms with Crippen LogP contribution in [0, 0.1) is 0 Å². The summed E-state index contributed by atoms with van der Waals surface area (Å²) in [5.41, 5.74) is 5.21. The van der Waals surface area contributed by atoms with Crippen LogP contribution in [0.15, 0.2) is 16.3 Å². The summed E-state index contributed by atoms with van der Waals surface area (Å²) in [5, 5.41) is 0. The summed E-state index contributed by atoms with van der Waals surface area (Å²) >= 11 is 1.31. The van der Waals surface area contributed by atoms with Gasteiger partial charge in [0.05, 0.1) is 0 Å². The van der Waals surface area contributed by atoms with Crippen molar-refractivity contribution in [2.24, 2.45) is 5.73 Å². The molecular weight excluding hydrogens is 256 g/mol. The third-order valence-corrected chi connectivity index (χ3v) is 6.41. The average Bonchev–Trinajstić information content (AvgIpc) is 2.65. The molecule has 96 valence electrons. The van der Waals surface area contributed by atoms with Gasteiger partial charge in [-0.1, -0.05) is 0 Å². The van der Waals surface area contributed by atoms with Crippen LogP contribution in [0.4, 0.5) is 0 Å². The zero-order chi connectivity index (χ0) is 12.5. The van der Waals surface area contributed by atoms with E-state index in [0.717, 1.165) is 30.6 Å². The zero-order valence-electron chi connectivity index (χ0n) is 9.90. The van der Waals surface area contributed by atoms with Crippen LogP contribution >= 0.6 is 11.3 Å². The van der Waals surface area contributed by atoms with Crippen LogP contribution in [0.2, 0.25) is 0 Å². The lowest BCUT2D eigenvalue weighted by Crippen LogP contribution is -2.50. The van der Waals surface area contributed by atoms with Gasteiger partial charge < -0.3 is 5.73 Å². The van der Waals surface area contributed by atoms with Crippen LogP contribution in [0.1, 0.15) is 31.1 Å². The van der Waals surface area contributed by atoms with E-state index in [1.165, 1.54) is 11.3 Å². The molecule has 0 radical (unpaired) electrons. The fourth-order valence-electron chi connectivity index (χ4n) is 1.96. The first-order valence-electron chi connectivity index (χ1n) is 5.78. The molecule has 0 atom stereocenters. The molecule has 1 saturated carbocycles. The Morgan fingerprint density at radius 2 is 2.18 bits per heavy atom. The van der Waals surface area contributed by atoms with Gasteiger partial charge in [0.15, 0.2) is 0 Å². The SMILES string of the molecule is CC1(NS(=O)(=O)c2ccc(CCN)s2)CCC1. The molecule has 1 heterocycles. The quantitative estimate of drug-likeness (QED) is 0.854. The minimum Gasteiger partial charge on any atom is -0.330 e. The van der Waals surface area contributed by atoms with Crippen molar-refractivity contribution in [3.8, 4) is 0 Å². The van der Waals surface area contributed by atoms with Gasteiger partial charge in [-0.2, -0.15) is 0 Å². The van der Waals surface area contributed by atoms with Crippen LogP contribution in [0.25, 0.3) is 0 Å². The molecule has 4 nitrogen and oxygen atoms in total. The average molecular weight is 274 g/mol. The summed E-state index contributed by atoms with van der Waals surface area (Å²) < 4.78 is 27.4. The number of sulfonamides is 1. The fourth-order valence-corrected chi connectivity index (χ4v) is 4.80. The first-order valence-corrected chi connectivity index (χ1v) is 8.08. The van der Waals surface area contributed by atoms with Gasteiger partial charge in [0, 0.05) is 10.4 Å². The molecule has 0 bridgehead atoms. The first-order chi connectivity index (χ1) is 7.95. The molecule has 0 aliphatic heterocycles. The van der Waals surface area contributed by atoms with Crippen molar-refractivity contribution in [3.05, 3.63) is 17.0 Å². The Balaban J connectivity index is 2.13. The Kier molecular flexibility index (Phi) is 3.58. The Hall–Kier alpha value is -0.430. The zero-order valence-corrected chi connectivity index (χ0v) is 11.5. The van der Waals surface area contributed by atoms with Crippen molar-refractivity contribution in [1.29, 1.82) is 0 Å². The molecule has 0 amide bonds. The van der Waals surface area contributed by atoms with E-state index in [-0.39, 0.29) is 5.54 Å². The maximum Gasteiger partial charge on any atom is 0.250 e. The van der Waals surface area contributed by atoms with E-state index in [0.29, 0.717) is 10.8 Å². The largest absolute Gasteiger partial charge is 0.330 e. The van der Waals surface area contributed by atoms with Gasteiger partial charge >= 0.3 is 0 Å². The van der Waals surface area contributed by atoms with Gasteiger partial charge in [-0.15, -0.1) is 11.3 Å². The highest BCUT2D eigenvalue weighted by atomic mass is 32.2. The van der Waals surface area contributed by atoms with Gasteiger partial charge in [0.1, 0.15) is 4.21 Å². The van der Waals surface area contributed by atoms with Crippen molar-refractivity contribution >= 4 is 21.4 Å². The predicted octanol–water partition coefficient (Wildman–Crippen LogP) is 1.47. The second-order valence-electron chi connectivity index (χ2n) is 4.78. The number of nitrogens with one attached hydrogen (secondary N) is 1. The van der Waals surface area contributed by atoms with E-state index in [1.807, 2.05) is 13.0 Å². The molecule has 6 heteroatoms. The summed E-state index contributed by atoms with van der Waals surface area (Å²) in [6.07, 6.45) is 3.68. The van der Waals surface area contributed by atoms with E-state index >= 15 is 0 Å². The van der Waals surface area contributed by atoms with Gasteiger partial charge in [-0.25, -0.2) is 13.1 Å². The van der Waals surface area contributed by atoms with Crippen LogP contribution in [0.3, 0.4) is 0 Å². The Morgan fingerprint density at radius 1 is 1.47 bits per heavy atom. The molecule has 2 rings (SSSR count). The van der Waals surface area contributed by atoms with Crippen molar-refractivity contribution in [1.82, 2.24) is 4.72 Å². The van der Waals surface area contributed by atoms with Gasteiger partial charge in [-0.3, -0.25) is 0 Å². The second-order valence-corrected chi connectivity index (χ2v) is 7.86. The molecule has 0 unspecified atom stereocenters. The smallest absolute Gasteiger partial charge is 0.250 e. The highest BCUT2D eigenvalue weighted by Crippen LogP contribution is 2.33. The molecule has 0 aromatic carbocycles. The summed E-state index contributed by atoms with van der Waals surface area (Å²) in [5.74, 6) is 0. The lowest BCUT2D eigenvalue weighted by Gasteiger charge is -2.38. The van der Waals surface area contributed by atoms with E-state index in [9.17, 15) is 8.42 Å². The standard InChI is InChI=1S/C11H18N2O2S2/c1-11(6-2-7-11)13-17(14,15)10-4-3-9(16-10)5-8-12/h3-4,13H,2,5-8,12H2,1H3. The van der Waals surface area contributed by atoms with Crippen LogP contribution in [-0.2, 0) is 16.4 Å². The fraction of sp³-hybridized carbons (Fsp3) is 0.636. The Labute approximate surface area is 106 Å². The number of hydrogen-bond donors (Lipinski definition) is 2. The number of thiophene rings is 1. The summed E-state index contributed by atoms with van der Waals surface area (Å²) in [4.78, 5) is 1.02. The number of nitrogens with two attached hydrogens (primary N) is 1. The molecule has 1 aliphatic carbocycles. The molecule has 0 spiro atoms. The molecular formula is C11H18N2O2S2. The maximum absolute atomic E-state index is 12.1. The second kappa shape index (κ2) is 4.68. The molecule has 1 aliphatic rings. The van der Waals surface area contributed by atoms with Gasteiger partial charge in [0.2, 0.25) is 0 Å². The highest BCUT2D eigenvalue weighted by Gasteiger charge is 2.36. The molecule has 0 saturated heterocycles. The molecule has 1 aromatic rings. The lowest BCUT2D eigenvalue weighted by molar-refractivity contribution is 0.248. The van der Waals surface area contributed by atoms with E-state index < -0.39 is 10.0 Å². The van der Waals surface area contributed by atoms with E-state index in [4.69, 9.17) is 5.73 Å². The lowest BCUT2D eigenvalue weighted by atomic mass is 9.80. The van der Waals surface area contributed by atoms with Crippen molar-refractivity contribution in [2.45, 2.75) is 42.4 Å². The van der Waals surface area contributed by atoms with Crippen LogP contribution in [-0.4, -0.2) is 20.5 Å². The van der Waals surface area contributed by atoms with E-state index in [2.05, 4.69) is 4.72 Å². The molecule has 17 heavy (non-hydrogen) atoms. The van der Waals surface area contributed by atoms with E-state index in [1.54, 1.807) is 6.07 Å². The summed E-state index contributed by atoms with van der Waals surface area (Å²) in [6, 6.07) is 3.51. The molecule has 1 aromatic heterocycles. The van der Waals surface area contributed by atoms with Crippen LogP contribution < -0.4 is 10.5 Å². The third kappa shape index (κ3) is 2.88. The Morgan fingerprint density at radius 3 is 2.71 bits per heavy atom. The highest BCUT2D eigenvalue weighted by molar-refractivity contribution is 7.91. The summed E-state index contributed by atoms with van der Waals surface area (Å²) in [7, 11) is -3.35. The molecule has 1 fully saturated rings. The monoisotopic (exact) mass is 274 g/mol. The van der Waals surface area contributed by atoms with Crippen molar-refractivity contribution < 1.29 is 8.42 Å². The first kappa shape index (κ1) is 13.0. The Bertz CT molecular complexity index is 489. The maximum atomic E-state index is 12.1. The summed E-state index contributed by atoms with van der Waals surface area (Å²) in [6.45, 7) is 2.51. The van der Waals surface area contributed by atoms with Gasteiger partial charge in [-0.05, 0) is 51.3 Å². The minimum absolute atomic E-state index is 0.239. The van der Waals surface area contributed by atoms with Gasteiger partial charge in [0.25, 0.3) is 10.0 Å². The third-order valence-electron chi connectivity index (χ3n) is 3.13. The predicted molar refractivity (Wildman–Crippen MR) is 69.7 cm³/mol. The topological polar surface area (TPSA) is 72.2 Å². The van der Waals surface area contributed by atoms with Crippen LogP contribution in [0.5, 0.6) is 0 Å². The van der Waals surface area contributed by atoms with Crippen molar-refractivity contribution in [3.63, 3.8) is 0 Å². The number of rotatable bonds is 5. The van der Waals surface area contributed by atoms with Crippen molar-refractivity contribution in [2.75, 3.05) is 6.54 Å². The molecule has 3 N–H and O–H groups in total. The number of hydrogen-bond acceptors (Lipinski definition) is 4.